The predicted molar refractivity (Wildman–Crippen MR) is 71.0 cm³/mol. The standard InChI is InChI=1S/C15H16FNO/c1-11-5-4-6-12(9-11)15(18)10-17-14-8-3-2-7-13(14)16/h2-9,15,17-18H,10H2,1H3. The molecule has 0 saturated carbocycles. The zero-order chi connectivity index (χ0) is 13.0. The second-order valence-corrected chi connectivity index (χ2v) is 4.29. The molecule has 2 nitrogen and oxygen atoms in total. The number of nitrogens with one attached hydrogen (secondary N) is 1. The van der Waals surface area contributed by atoms with Crippen LogP contribution in [0, 0.1) is 12.7 Å². The summed E-state index contributed by atoms with van der Waals surface area (Å²) in [6, 6.07) is 14.1. The molecule has 0 amide bonds. The maximum atomic E-state index is 13.4. The molecule has 0 saturated heterocycles. The number of para-hydroxylation sites is 1. The molecule has 0 aliphatic heterocycles. The molecule has 0 fully saturated rings. The minimum absolute atomic E-state index is 0.282. The van der Waals surface area contributed by atoms with E-state index in [2.05, 4.69) is 5.32 Å². The van der Waals surface area contributed by atoms with Gasteiger partial charge in [-0.25, -0.2) is 4.39 Å². The van der Waals surface area contributed by atoms with E-state index >= 15 is 0 Å². The van der Waals surface area contributed by atoms with Gasteiger partial charge in [-0.3, -0.25) is 0 Å². The Hall–Kier alpha value is -1.87. The maximum absolute atomic E-state index is 13.4. The van der Waals surface area contributed by atoms with Gasteiger partial charge in [0.15, 0.2) is 0 Å². The van der Waals surface area contributed by atoms with E-state index in [1.807, 2.05) is 31.2 Å². The van der Waals surface area contributed by atoms with Gasteiger partial charge in [-0.2, -0.15) is 0 Å². The Balaban J connectivity index is 2.00. The number of rotatable bonds is 4. The van der Waals surface area contributed by atoms with Crippen LogP contribution in [-0.2, 0) is 0 Å². The molecule has 2 rings (SSSR count). The minimum Gasteiger partial charge on any atom is -0.387 e. The number of hydrogen-bond donors (Lipinski definition) is 2. The summed E-state index contributed by atoms with van der Waals surface area (Å²) in [5.41, 5.74) is 2.33. The summed E-state index contributed by atoms with van der Waals surface area (Å²) in [5, 5.41) is 12.9. The van der Waals surface area contributed by atoms with E-state index in [1.165, 1.54) is 6.07 Å². The van der Waals surface area contributed by atoms with Crippen molar-refractivity contribution in [2.45, 2.75) is 13.0 Å². The van der Waals surface area contributed by atoms with Gasteiger partial charge in [0.1, 0.15) is 5.82 Å². The highest BCUT2D eigenvalue weighted by molar-refractivity contribution is 5.44. The molecule has 3 heteroatoms. The molecule has 2 N–H and O–H groups in total. The fourth-order valence-electron chi connectivity index (χ4n) is 1.81. The molecule has 0 aliphatic carbocycles. The summed E-state index contributed by atoms with van der Waals surface area (Å²) in [6.45, 7) is 2.25. The SMILES string of the molecule is Cc1cccc(C(O)CNc2ccccc2F)c1. The van der Waals surface area contributed by atoms with Crippen LogP contribution in [0.4, 0.5) is 10.1 Å². The zero-order valence-electron chi connectivity index (χ0n) is 10.2. The molecule has 94 valence electrons. The fraction of sp³-hybridized carbons (Fsp3) is 0.200. The third-order valence-corrected chi connectivity index (χ3v) is 2.79. The maximum Gasteiger partial charge on any atom is 0.146 e. The molecule has 0 bridgehead atoms. The van der Waals surface area contributed by atoms with Gasteiger partial charge in [0, 0.05) is 6.54 Å². The molecular formula is C15H16FNO. The first-order valence-electron chi connectivity index (χ1n) is 5.90. The third-order valence-electron chi connectivity index (χ3n) is 2.79. The van der Waals surface area contributed by atoms with Crippen molar-refractivity contribution in [1.29, 1.82) is 0 Å². The number of benzene rings is 2. The van der Waals surface area contributed by atoms with Gasteiger partial charge in [0.2, 0.25) is 0 Å². The van der Waals surface area contributed by atoms with Gasteiger partial charge in [-0.1, -0.05) is 42.0 Å². The quantitative estimate of drug-likeness (QED) is 0.866. The van der Waals surface area contributed by atoms with Crippen molar-refractivity contribution >= 4 is 5.69 Å². The Kier molecular flexibility index (Phi) is 3.95. The average Bonchev–Trinajstić information content (AvgIpc) is 2.37. The van der Waals surface area contributed by atoms with Gasteiger partial charge in [-0.05, 0) is 24.6 Å². The van der Waals surface area contributed by atoms with Crippen molar-refractivity contribution in [3.05, 3.63) is 65.5 Å². The summed E-state index contributed by atoms with van der Waals surface area (Å²) < 4.78 is 13.4. The Morgan fingerprint density at radius 1 is 1.17 bits per heavy atom. The molecule has 18 heavy (non-hydrogen) atoms. The lowest BCUT2D eigenvalue weighted by Gasteiger charge is -2.14. The topological polar surface area (TPSA) is 32.3 Å². The van der Waals surface area contributed by atoms with Crippen LogP contribution in [0.1, 0.15) is 17.2 Å². The van der Waals surface area contributed by atoms with Crippen LogP contribution in [0.15, 0.2) is 48.5 Å². The summed E-state index contributed by atoms with van der Waals surface area (Å²) in [4.78, 5) is 0. The number of halogens is 1. The monoisotopic (exact) mass is 245 g/mol. The largest absolute Gasteiger partial charge is 0.387 e. The lowest BCUT2D eigenvalue weighted by atomic mass is 10.1. The van der Waals surface area contributed by atoms with E-state index in [-0.39, 0.29) is 12.4 Å². The fourth-order valence-corrected chi connectivity index (χ4v) is 1.81. The van der Waals surface area contributed by atoms with E-state index in [1.54, 1.807) is 18.2 Å². The summed E-state index contributed by atoms with van der Waals surface area (Å²) in [6.07, 6.45) is -0.649. The molecule has 2 aromatic carbocycles. The van der Waals surface area contributed by atoms with Gasteiger partial charge < -0.3 is 10.4 Å². The van der Waals surface area contributed by atoms with Crippen molar-refractivity contribution in [1.82, 2.24) is 0 Å². The highest BCUT2D eigenvalue weighted by Gasteiger charge is 2.08. The van der Waals surface area contributed by atoms with Crippen molar-refractivity contribution < 1.29 is 9.50 Å². The van der Waals surface area contributed by atoms with E-state index < -0.39 is 6.10 Å². The molecule has 0 radical (unpaired) electrons. The van der Waals surface area contributed by atoms with E-state index in [0.29, 0.717) is 5.69 Å². The predicted octanol–water partition coefficient (Wildman–Crippen LogP) is 3.28. The smallest absolute Gasteiger partial charge is 0.146 e. The molecule has 0 aliphatic rings. The molecule has 0 aromatic heterocycles. The van der Waals surface area contributed by atoms with Crippen LogP contribution in [-0.4, -0.2) is 11.7 Å². The van der Waals surface area contributed by atoms with E-state index in [9.17, 15) is 9.50 Å². The lowest BCUT2D eigenvalue weighted by Crippen LogP contribution is -2.13. The summed E-state index contributed by atoms with van der Waals surface area (Å²) in [7, 11) is 0. The van der Waals surface area contributed by atoms with Gasteiger partial charge in [0.05, 0.1) is 11.8 Å². The molecule has 0 heterocycles. The normalized spacial score (nSPS) is 12.2. The number of aliphatic hydroxyl groups excluding tert-OH is 1. The first kappa shape index (κ1) is 12.6. The third kappa shape index (κ3) is 3.08. The molecule has 0 spiro atoms. The van der Waals surface area contributed by atoms with Crippen LogP contribution >= 0.6 is 0 Å². The van der Waals surface area contributed by atoms with Crippen molar-refractivity contribution in [2.75, 3.05) is 11.9 Å². The average molecular weight is 245 g/mol. The van der Waals surface area contributed by atoms with Gasteiger partial charge in [-0.15, -0.1) is 0 Å². The first-order valence-corrected chi connectivity index (χ1v) is 5.90. The minimum atomic E-state index is -0.649. The van der Waals surface area contributed by atoms with Crippen molar-refractivity contribution in [2.24, 2.45) is 0 Å². The highest BCUT2D eigenvalue weighted by Crippen LogP contribution is 2.17. The molecule has 2 aromatic rings. The van der Waals surface area contributed by atoms with Crippen LogP contribution in [0.3, 0.4) is 0 Å². The van der Waals surface area contributed by atoms with Crippen LogP contribution in [0.2, 0.25) is 0 Å². The number of anilines is 1. The number of aliphatic hydroxyl groups is 1. The molecule has 1 unspecified atom stereocenters. The number of hydrogen-bond acceptors (Lipinski definition) is 2. The van der Waals surface area contributed by atoms with Crippen LogP contribution in [0.25, 0.3) is 0 Å². The van der Waals surface area contributed by atoms with Crippen molar-refractivity contribution in [3.8, 4) is 0 Å². The Bertz CT molecular complexity index is 527. The lowest BCUT2D eigenvalue weighted by molar-refractivity contribution is 0.191. The van der Waals surface area contributed by atoms with Crippen LogP contribution < -0.4 is 5.32 Å². The Labute approximate surface area is 106 Å². The second-order valence-electron chi connectivity index (χ2n) is 4.29. The Morgan fingerprint density at radius 3 is 2.67 bits per heavy atom. The van der Waals surface area contributed by atoms with E-state index in [4.69, 9.17) is 0 Å². The molecule has 1 atom stereocenters. The zero-order valence-corrected chi connectivity index (χ0v) is 10.2. The van der Waals surface area contributed by atoms with E-state index in [0.717, 1.165) is 11.1 Å². The Morgan fingerprint density at radius 2 is 1.94 bits per heavy atom. The summed E-state index contributed by atoms with van der Waals surface area (Å²) >= 11 is 0. The first-order chi connectivity index (χ1) is 8.66. The highest BCUT2D eigenvalue weighted by atomic mass is 19.1. The van der Waals surface area contributed by atoms with Crippen molar-refractivity contribution in [3.63, 3.8) is 0 Å². The van der Waals surface area contributed by atoms with Gasteiger partial charge >= 0.3 is 0 Å². The van der Waals surface area contributed by atoms with Crippen LogP contribution in [0.5, 0.6) is 0 Å². The van der Waals surface area contributed by atoms with Gasteiger partial charge in [0.25, 0.3) is 0 Å². The summed E-state index contributed by atoms with van der Waals surface area (Å²) in [5.74, 6) is -0.311. The number of aryl methyl sites for hydroxylation is 1. The molecular weight excluding hydrogens is 229 g/mol. The second kappa shape index (κ2) is 5.65.